The van der Waals surface area contributed by atoms with E-state index in [0.29, 0.717) is 11.3 Å². The smallest absolute Gasteiger partial charge is 0.414 e. The molecule has 3 atom stereocenters. The monoisotopic (exact) mass is 277 g/mol. The number of rotatable bonds is 5. The Kier molecular flexibility index (Phi) is 5.20. The van der Waals surface area contributed by atoms with Gasteiger partial charge in [-0.15, -0.1) is 0 Å². The Balaban J connectivity index is 2.88. The first-order chi connectivity index (χ1) is 8.75. The molecule has 2 N–H and O–H groups in total. The summed E-state index contributed by atoms with van der Waals surface area (Å²) in [6.07, 6.45) is -7.09. The summed E-state index contributed by atoms with van der Waals surface area (Å²) in [6, 6.07) is 6.06. The molecule has 0 radical (unpaired) electrons. The fourth-order valence-electron chi connectivity index (χ4n) is 1.60. The second-order valence-electron chi connectivity index (χ2n) is 4.37. The Labute approximate surface area is 110 Å². The zero-order valence-corrected chi connectivity index (χ0v) is 11.1. The second-order valence-corrected chi connectivity index (χ2v) is 4.37. The molecule has 3 nitrogen and oxygen atoms in total. The molecule has 3 unspecified atom stereocenters. The van der Waals surface area contributed by atoms with Gasteiger partial charge in [0.25, 0.3) is 0 Å². The lowest BCUT2D eigenvalue weighted by Crippen LogP contribution is -2.35. The summed E-state index contributed by atoms with van der Waals surface area (Å²) in [5.74, 6) is 0.621. The largest absolute Gasteiger partial charge is 0.497 e. The first-order valence-corrected chi connectivity index (χ1v) is 5.87. The van der Waals surface area contributed by atoms with Crippen LogP contribution in [0.4, 0.5) is 13.2 Å². The number of ether oxygens (including phenoxy) is 2. The number of benzene rings is 1. The Bertz CT molecular complexity index is 390. The van der Waals surface area contributed by atoms with E-state index in [1.165, 1.54) is 7.11 Å². The van der Waals surface area contributed by atoms with E-state index in [0.717, 1.165) is 6.92 Å². The molecule has 108 valence electrons. The lowest BCUT2D eigenvalue weighted by atomic mass is 10.0. The van der Waals surface area contributed by atoms with Crippen LogP contribution in [0.25, 0.3) is 0 Å². The molecule has 0 bridgehead atoms. The minimum absolute atomic E-state index is 0.557. The van der Waals surface area contributed by atoms with Gasteiger partial charge in [-0.1, -0.05) is 12.1 Å². The summed E-state index contributed by atoms with van der Waals surface area (Å²) < 4.78 is 47.6. The molecule has 0 heterocycles. The maximum atomic E-state index is 12.5. The van der Waals surface area contributed by atoms with Gasteiger partial charge in [-0.3, -0.25) is 0 Å². The summed E-state index contributed by atoms with van der Waals surface area (Å²) in [7, 11) is 1.51. The molecule has 19 heavy (non-hydrogen) atoms. The standard InChI is InChI=1S/C13H18F3NO2/c1-8(17)12(19-9(2)13(14,15)16)10-4-6-11(18-3)7-5-10/h4-9,12H,17H2,1-3H3. The van der Waals surface area contributed by atoms with Crippen LogP contribution < -0.4 is 10.5 Å². The first-order valence-electron chi connectivity index (χ1n) is 5.87. The summed E-state index contributed by atoms with van der Waals surface area (Å²) in [5, 5.41) is 0. The van der Waals surface area contributed by atoms with E-state index >= 15 is 0 Å². The van der Waals surface area contributed by atoms with Crippen molar-refractivity contribution in [1.29, 1.82) is 0 Å². The molecule has 0 saturated carbocycles. The number of alkyl halides is 3. The fraction of sp³-hybridized carbons (Fsp3) is 0.538. The van der Waals surface area contributed by atoms with Crippen molar-refractivity contribution in [3.63, 3.8) is 0 Å². The number of hydrogen-bond acceptors (Lipinski definition) is 3. The highest BCUT2D eigenvalue weighted by Gasteiger charge is 2.39. The minimum atomic E-state index is -4.40. The van der Waals surface area contributed by atoms with Crippen LogP contribution in [0.2, 0.25) is 0 Å². The van der Waals surface area contributed by atoms with Crippen molar-refractivity contribution in [3.05, 3.63) is 29.8 Å². The highest BCUT2D eigenvalue weighted by atomic mass is 19.4. The van der Waals surface area contributed by atoms with Crippen molar-refractivity contribution in [3.8, 4) is 5.75 Å². The van der Waals surface area contributed by atoms with Gasteiger partial charge in [0.05, 0.1) is 13.2 Å². The predicted octanol–water partition coefficient (Wildman–Crippen LogP) is 3.05. The molecule has 0 aliphatic rings. The van der Waals surface area contributed by atoms with Crippen molar-refractivity contribution in [2.24, 2.45) is 5.73 Å². The average molecular weight is 277 g/mol. The summed E-state index contributed by atoms with van der Waals surface area (Å²) in [6.45, 7) is 2.58. The normalized spacial score (nSPS) is 16.8. The SMILES string of the molecule is COc1ccc(C(OC(C)C(F)(F)F)C(C)N)cc1. The van der Waals surface area contributed by atoms with Crippen LogP contribution in [0.1, 0.15) is 25.5 Å². The lowest BCUT2D eigenvalue weighted by molar-refractivity contribution is -0.229. The quantitative estimate of drug-likeness (QED) is 0.899. The number of halogens is 3. The molecule has 0 fully saturated rings. The van der Waals surface area contributed by atoms with Crippen LogP contribution in [0, 0.1) is 0 Å². The van der Waals surface area contributed by atoms with E-state index in [1.807, 2.05) is 0 Å². The predicted molar refractivity (Wildman–Crippen MR) is 66.0 cm³/mol. The Hall–Kier alpha value is -1.27. The van der Waals surface area contributed by atoms with Crippen molar-refractivity contribution in [2.45, 2.75) is 38.3 Å². The van der Waals surface area contributed by atoms with Crippen LogP contribution in [-0.2, 0) is 4.74 Å². The third-order valence-corrected chi connectivity index (χ3v) is 2.73. The topological polar surface area (TPSA) is 44.5 Å². The van der Waals surface area contributed by atoms with E-state index in [2.05, 4.69) is 0 Å². The minimum Gasteiger partial charge on any atom is -0.497 e. The van der Waals surface area contributed by atoms with Gasteiger partial charge in [0.15, 0.2) is 6.10 Å². The molecule has 1 aromatic rings. The molecule has 1 rings (SSSR count). The van der Waals surface area contributed by atoms with Crippen LogP contribution in [0.5, 0.6) is 5.75 Å². The summed E-state index contributed by atoms with van der Waals surface area (Å²) in [4.78, 5) is 0. The molecule has 0 spiro atoms. The molecule has 0 aliphatic carbocycles. The zero-order valence-electron chi connectivity index (χ0n) is 11.1. The van der Waals surface area contributed by atoms with Crippen LogP contribution >= 0.6 is 0 Å². The Morgan fingerprint density at radius 3 is 2.00 bits per heavy atom. The van der Waals surface area contributed by atoms with Crippen LogP contribution in [0.3, 0.4) is 0 Å². The van der Waals surface area contributed by atoms with Crippen molar-refractivity contribution in [2.75, 3.05) is 7.11 Å². The second kappa shape index (κ2) is 6.25. The molecule has 0 aliphatic heterocycles. The van der Waals surface area contributed by atoms with Gasteiger partial charge in [-0.25, -0.2) is 0 Å². The van der Waals surface area contributed by atoms with E-state index in [9.17, 15) is 13.2 Å². The van der Waals surface area contributed by atoms with Gasteiger partial charge in [0, 0.05) is 6.04 Å². The van der Waals surface area contributed by atoms with Gasteiger partial charge in [0.2, 0.25) is 0 Å². The van der Waals surface area contributed by atoms with Crippen molar-refractivity contribution in [1.82, 2.24) is 0 Å². The maximum Gasteiger partial charge on any atom is 0.414 e. The van der Waals surface area contributed by atoms with Gasteiger partial charge in [0.1, 0.15) is 5.75 Å². The molecule has 6 heteroatoms. The highest BCUT2D eigenvalue weighted by molar-refractivity contribution is 5.29. The van der Waals surface area contributed by atoms with Gasteiger partial charge >= 0.3 is 6.18 Å². The highest BCUT2D eigenvalue weighted by Crippen LogP contribution is 2.30. The van der Waals surface area contributed by atoms with Gasteiger partial charge < -0.3 is 15.2 Å². The van der Waals surface area contributed by atoms with Crippen molar-refractivity contribution < 1.29 is 22.6 Å². The molecule has 0 aromatic heterocycles. The van der Waals surface area contributed by atoms with Crippen molar-refractivity contribution >= 4 is 0 Å². The van der Waals surface area contributed by atoms with Crippen LogP contribution in [-0.4, -0.2) is 25.4 Å². The van der Waals surface area contributed by atoms with E-state index < -0.39 is 24.4 Å². The van der Waals surface area contributed by atoms with E-state index in [4.69, 9.17) is 15.2 Å². The Morgan fingerprint density at radius 1 is 1.11 bits per heavy atom. The number of nitrogens with two attached hydrogens (primary N) is 1. The molecular formula is C13H18F3NO2. The third-order valence-electron chi connectivity index (χ3n) is 2.73. The van der Waals surface area contributed by atoms with Gasteiger partial charge in [-0.2, -0.15) is 13.2 Å². The number of methoxy groups -OCH3 is 1. The first kappa shape index (κ1) is 15.8. The summed E-state index contributed by atoms with van der Waals surface area (Å²) >= 11 is 0. The molecular weight excluding hydrogens is 259 g/mol. The lowest BCUT2D eigenvalue weighted by Gasteiger charge is -2.27. The Morgan fingerprint density at radius 2 is 1.63 bits per heavy atom. The van der Waals surface area contributed by atoms with Crippen LogP contribution in [0.15, 0.2) is 24.3 Å². The fourth-order valence-corrected chi connectivity index (χ4v) is 1.60. The molecule has 1 aromatic carbocycles. The zero-order chi connectivity index (χ0) is 14.6. The summed E-state index contributed by atoms with van der Waals surface area (Å²) in [5.41, 5.74) is 6.30. The number of hydrogen-bond donors (Lipinski definition) is 1. The molecule has 0 amide bonds. The third kappa shape index (κ3) is 4.40. The molecule has 0 saturated heterocycles. The average Bonchev–Trinajstić information content (AvgIpc) is 2.34. The van der Waals surface area contributed by atoms with E-state index in [-0.39, 0.29) is 0 Å². The van der Waals surface area contributed by atoms with E-state index in [1.54, 1.807) is 31.2 Å². The maximum absolute atomic E-state index is 12.5. The van der Waals surface area contributed by atoms with Gasteiger partial charge in [-0.05, 0) is 31.5 Å².